The number of rotatable bonds is 3. The minimum absolute atomic E-state index is 0.0273. The lowest BCUT2D eigenvalue weighted by Gasteiger charge is -2.08. The van der Waals surface area contributed by atoms with Crippen LogP contribution >= 0.6 is 12.2 Å². The predicted molar refractivity (Wildman–Crippen MR) is 69.2 cm³/mol. The fourth-order valence-electron chi connectivity index (χ4n) is 1.49. The van der Waals surface area contributed by atoms with Gasteiger partial charge in [-0.15, -0.1) is 5.10 Å². The van der Waals surface area contributed by atoms with Gasteiger partial charge in [0.05, 0.1) is 6.21 Å². The van der Waals surface area contributed by atoms with E-state index in [-0.39, 0.29) is 28.2 Å². The molecule has 6 N–H and O–H groups in total. The monoisotopic (exact) mass is 268 g/mol. The van der Waals surface area contributed by atoms with Gasteiger partial charge in [0.1, 0.15) is 5.56 Å². The Morgan fingerprint density at radius 1 is 1.56 bits per heavy atom. The van der Waals surface area contributed by atoms with Crippen LogP contribution < -0.4 is 17.0 Å². The molecular formula is C9H12N6O2S. The van der Waals surface area contributed by atoms with E-state index < -0.39 is 5.56 Å². The molecule has 0 radical (unpaired) electrons. The average Bonchev–Trinajstić information content (AvgIpc) is 3.06. The van der Waals surface area contributed by atoms with E-state index >= 15 is 0 Å². The molecule has 18 heavy (non-hydrogen) atoms. The Labute approximate surface area is 107 Å². The third-order valence-corrected chi connectivity index (χ3v) is 2.72. The Hall–Kier alpha value is -2.16. The summed E-state index contributed by atoms with van der Waals surface area (Å²) < 4.78 is 1.69. The molecule has 0 bridgehead atoms. The second-order valence-electron chi connectivity index (χ2n) is 3.87. The summed E-state index contributed by atoms with van der Waals surface area (Å²) in [5, 5.41) is 16.9. The third kappa shape index (κ3) is 2.40. The van der Waals surface area contributed by atoms with Gasteiger partial charge in [-0.2, -0.15) is 5.10 Å². The largest absolute Gasteiger partial charge is 0.494 e. The van der Waals surface area contributed by atoms with Gasteiger partial charge in [-0.25, -0.2) is 0 Å². The number of nitrogens with one attached hydrogen (secondary N) is 1. The van der Waals surface area contributed by atoms with Crippen molar-refractivity contribution in [2.75, 3.05) is 0 Å². The summed E-state index contributed by atoms with van der Waals surface area (Å²) in [6.45, 7) is 0. The average molecular weight is 268 g/mol. The maximum atomic E-state index is 11.6. The van der Waals surface area contributed by atoms with E-state index in [1.165, 1.54) is 4.57 Å². The number of aromatic nitrogens is 2. The Morgan fingerprint density at radius 3 is 2.78 bits per heavy atom. The summed E-state index contributed by atoms with van der Waals surface area (Å²) in [7, 11) is 0. The third-order valence-electron chi connectivity index (χ3n) is 2.43. The van der Waals surface area contributed by atoms with Crippen molar-refractivity contribution >= 4 is 24.4 Å². The lowest BCUT2D eigenvalue weighted by atomic mass is 10.3. The zero-order chi connectivity index (χ0) is 13.3. The summed E-state index contributed by atoms with van der Waals surface area (Å²) in [6, 6.07) is 0.129. The van der Waals surface area contributed by atoms with Gasteiger partial charge in [0.2, 0.25) is 11.8 Å². The van der Waals surface area contributed by atoms with Gasteiger partial charge < -0.3 is 16.6 Å². The minimum Gasteiger partial charge on any atom is -0.494 e. The van der Waals surface area contributed by atoms with Crippen molar-refractivity contribution < 1.29 is 5.11 Å². The molecule has 0 saturated heterocycles. The summed E-state index contributed by atoms with van der Waals surface area (Å²) in [6.07, 6.45) is 2.92. The molecule has 2 rings (SSSR count). The Balaban J connectivity index is 2.50. The second kappa shape index (κ2) is 4.61. The zero-order valence-corrected chi connectivity index (χ0v) is 10.1. The molecule has 1 saturated carbocycles. The zero-order valence-electron chi connectivity index (χ0n) is 9.33. The van der Waals surface area contributed by atoms with E-state index in [4.69, 9.17) is 23.7 Å². The number of guanidine groups is 1. The number of nitrogens with zero attached hydrogens (tertiary/aromatic N) is 3. The molecule has 0 spiro atoms. The summed E-state index contributed by atoms with van der Waals surface area (Å²) >= 11 is 4.99. The summed E-state index contributed by atoms with van der Waals surface area (Å²) in [4.78, 5) is 14.1. The van der Waals surface area contributed by atoms with E-state index in [9.17, 15) is 9.90 Å². The second-order valence-corrected chi connectivity index (χ2v) is 4.25. The lowest BCUT2D eigenvalue weighted by molar-refractivity contribution is 0.405. The molecule has 0 unspecified atom stereocenters. The van der Waals surface area contributed by atoms with E-state index in [0.717, 1.165) is 19.1 Å². The molecule has 1 aliphatic rings. The summed E-state index contributed by atoms with van der Waals surface area (Å²) in [5.74, 6) is -0.460. The minimum atomic E-state index is -0.538. The first-order valence-electron chi connectivity index (χ1n) is 5.20. The number of hydrogen-bond donors (Lipinski definition) is 4. The molecule has 0 atom stereocenters. The molecule has 0 aliphatic heterocycles. The van der Waals surface area contributed by atoms with Crippen molar-refractivity contribution in [3.8, 4) is 5.88 Å². The van der Waals surface area contributed by atoms with Gasteiger partial charge in [0.25, 0.3) is 5.56 Å². The predicted octanol–water partition coefficient (Wildman–Crippen LogP) is -0.446. The number of aromatic hydroxyl groups is 1. The van der Waals surface area contributed by atoms with Crippen LogP contribution in [0.3, 0.4) is 0 Å². The van der Waals surface area contributed by atoms with Crippen LogP contribution in [0.4, 0.5) is 0 Å². The molecule has 1 heterocycles. The highest BCUT2D eigenvalue weighted by Gasteiger charge is 2.27. The Morgan fingerprint density at radius 2 is 2.22 bits per heavy atom. The molecule has 9 heteroatoms. The van der Waals surface area contributed by atoms with Gasteiger partial charge in [0.15, 0.2) is 4.77 Å². The van der Waals surface area contributed by atoms with Gasteiger partial charge in [-0.05, 0) is 25.1 Å². The quantitative estimate of drug-likeness (QED) is 0.255. The smallest absolute Gasteiger partial charge is 0.264 e. The highest BCUT2D eigenvalue weighted by molar-refractivity contribution is 7.71. The van der Waals surface area contributed by atoms with Gasteiger partial charge in [-0.1, -0.05) is 0 Å². The van der Waals surface area contributed by atoms with Crippen LogP contribution in [0.1, 0.15) is 24.4 Å². The van der Waals surface area contributed by atoms with Crippen molar-refractivity contribution in [3.05, 3.63) is 20.7 Å². The molecule has 0 aromatic carbocycles. The van der Waals surface area contributed by atoms with E-state index in [1.54, 1.807) is 0 Å². The van der Waals surface area contributed by atoms with E-state index in [2.05, 4.69) is 15.2 Å². The number of nitrogens with two attached hydrogens (primary N) is 2. The SMILES string of the molecule is NC(N)=NN=Cc1c(O)n(C2CC2)c(=S)[nH]c1=O. The Kier molecular flexibility index (Phi) is 3.15. The molecule has 1 fully saturated rings. The van der Waals surface area contributed by atoms with E-state index in [0.29, 0.717) is 0 Å². The fourth-order valence-corrected chi connectivity index (χ4v) is 1.82. The van der Waals surface area contributed by atoms with Gasteiger partial charge in [-0.3, -0.25) is 14.3 Å². The molecule has 1 aromatic heterocycles. The normalized spacial score (nSPS) is 14.9. The molecule has 0 amide bonds. The van der Waals surface area contributed by atoms with Crippen LogP contribution in [0, 0.1) is 4.77 Å². The number of hydrogen-bond acceptors (Lipinski definition) is 5. The van der Waals surface area contributed by atoms with Crippen LogP contribution in [-0.4, -0.2) is 26.8 Å². The van der Waals surface area contributed by atoms with Crippen LogP contribution in [0.15, 0.2) is 15.0 Å². The van der Waals surface area contributed by atoms with Crippen molar-refractivity contribution in [1.29, 1.82) is 0 Å². The van der Waals surface area contributed by atoms with Crippen LogP contribution in [0.25, 0.3) is 0 Å². The van der Waals surface area contributed by atoms with Crippen molar-refractivity contribution in [1.82, 2.24) is 9.55 Å². The van der Waals surface area contributed by atoms with Gasteiger partial charge >= 0.3 is 0 Å². The van der Waals surface area contributed by atoms with E-state index in [1.807, 2.05) is 0 Å². The first kappa shape index (κ1) is 12.3. The Bertz CT molecular complexity index is 635. The molecular weight excluding hydrogens is 256 g/mol. The molecule has 8 nitrogen and oxygen atoms in total. The number of aromatic amines is 1. The highest BCUT2D eigenvalue weighted by Crippen LogP contribution is 2.37. The van der Waals surface area contributed by atoms with Crippen LogP contribution in [-0.2, 0) is 0 Å². The van der Waals surface area contributed by atoms with Crippen molar-refractivity contribution in [2.45, 2.75) is 18.9 Å². The lowest BCUT2D eigenvalue weighted by Crippen LogP contribution is -2.22. The number of H-pyrrole nitrogens is 1. The highest BCUT2D eigenvalue weighted by atomic mass is 32.1. The fraction of sp³-hybridized carbons (Fsp3) is 0.333. The molecule has 1 aromatic rings. The van der Waals surface area contributed by atoms with Gasteiger partial charge in [0, 0.05) is 6.04 Å². The van der Waals surface area contributed by atoms with Crippen LogP contribution in [0.2, 0.25) is 0 Å². The van der Waals surface area contributed by atoms with Crippen LogP contribution in [0.5, 0.6) is 5.88 Å². The maximum Gasteiger partial charge on any atom is 0.264 e. The molecule has 1 aliphatic carbocycles. The first-order chi connectivity index (χ1) is 8.50. The molecule has 96 valence electrons. The van der Waals surface area contributed by atoms with Crippen molar-refractivity contribution in [2.24, 2.45) is 21.7 Å². The van der Waals surface area contributed by atoms with Crippen molar-refractivity contribution in [3.63, 3.8) is 0 Å². The first-order valence-corrected chi connectivity index (χ1v) is 5.61. The topological polar surface area (TPSA) is 135 Å². The standard InChI is InChI=1S/C9H12N6O2S/c10-8(11)14-12-3-5-6(16)13-9(18)15(7(5)17)4-1-2-4/h3-4,17H,1-2H2,(H4,10,11,14)(H,13,16,18). The maximum absolute atomic E-state index is 11.6. The summed E-state index contributed by atoms with van der Waals surface area (Å²) in [5.41, 5.74) is 9.61.